The summed E-state index contributed by atoms with van der Waals surface area (Å²) in [6, 6.07) is 0. The largest absolute Gasteiger partial charge is 0.385 e. The van der Waals surface area contributed by atoms with Crippen LogP contribution in [0.4, 0.5) is 0 Å². The first-order chi connectivity index (χ1) is 7.39. The summed E-state index contributed by atoms with van der Waals surface area (Å²) >= 11 is 0. The molecule has 98 valence electrons. The van der Waals surface area contributed by atoms with Gasteiger partial charge >= 0.3 is 0 Å². The lowest BCUT2D eigenvalue weighted by atomic mass is 9.64. The molecule has 17 heavy (non-hydrogen) atoms. The summed E-state index contributed by atoms with van der Waals surface area (Å²) in [5, 5.41) is 21.3. The minimum Gasteiger partial charge on any atom is -0.385 e. The zero-order valence-electron chi connectivity index (χ0n) is 12.1. The van der Waals surface area contributed by atoms with Gasteiger partial charge < -0.3 is 10.2 Å². The first-order valence-electron chi connectivity index (χ1n) is 6.21. The Morgan fingerprint density at radius 2 is 1.59 bits per heavy atom. The monoisotopic (exact) mass is 238 g/mol. The van der Waals surface area contributed by atoms with E-state index < -0.39 is 17.1 Å². The van der Waals surface area contributed by atoms with Gasteiger partial charge in [-0.15, -0.1) is 0 Å². The average Bonchev–Trinajstić information content (AvgIpc) is 2.07. The number of aliphatic hydroxyl groups is 2. The average molecular weight is 238 g/mol. The van der Waals surface area contributed by atoms with E-state index in [1.165, 1.54) is 0 Å². The van der Waals surface area contributed by atoms with E-state index in [9.17, 15) is 10.2 Å². The van der Waals surface area contributed by atoms with Crippen LogP contribution < -0.4 is 0 Å². The van der Waals surface area contributed by atoms with E-state index in [2.05, 4.69) is 20.8 Å². The van der Waals surface area contributed by atoms with Crippen LogP contribution in [0.2, 0.25) is 0 Å². The fourth-order valence-electron chi connectivity index (χ4n) is 2.28. The third-order valence-electron chi connectivity index (χ3n) is 3.61. The first-order valence-corrected chi connectivity index (χ1v) is 6.21. The predicted octanol–water partition coefficient (Wildman–Crippen LogP) is 3.06. The highest BCUT2D eigenvalue weighted by atomic mass is 16.3. The third kappa shape index (κ3) is 2.48. The molecule has 2 nitrogen and oxygen atoms in total. The summed E-state index contributed by atoms with van der Waals surface area (Å²) in [4.78, 5) is 0. The van der Waals surface area contributed by atoms with E-state index in [0.29, 0.717) is 0 Å². The fraction of sp³-hybridized carbons (Fsp3) is 0.733. The van der Waals surface area contributed by atoms with E-state index in [1.54, 1.807) is 6.08 Å². The molecule has 0 aromatic carbocycles. The molecule has 2 atom stereocenters. The van der Waals surface area contributed by atoms with Gasteiger partial charge in [0, 0.05) is 0 Å². The fourth-order valence-corrected chi connectivity index (χ4v) is 2.28. The molecule has 0 fully saturated rings. The molecule has 0 saturated carbocycles. The van der Waals surface area contributed by atoms with Crippen LogP contribution in [0.25, 0.3) is 0 Å². The molecular weight excluding hydrogens is 212 g/mol. The summed E-state index contributed by atoms with van der Waals surface area (Å²) in [7, 11) is 0. The second kappa shape index (κ2) is 3.96. The quantitative estimate of drug-likeness (QED) is 0.681. The highest BCUT2D eigenvalue weighted by Gasteiger charge is 2.49. The maximum Gasteiger partial charge on any atom is 0.118 e. The molecule has 1 aliphatic carbocycles. The SMILES string of the molecule is CC1=CC(O)(C(C)(C)C)C(O)C(C(C)(C)C)=C1. The summed E-state index contributed by atoms with van der Waals surface area (Å²) < 4.78 is 0. The molecule has 0 spiro atoms. The smallest absolute Gasteiger partial charge is 0.118 e. The van der Waals surface area contributed by atoms with Gasteiger partial charge in [-0.25, -0.2) is 0 Å². The van der Waals surface area contributed by atoms with Crippen molar-refractivity contribution in [3.8, 4) is 0 Å². The minimum absolute atomic E-state index is 0.145. The molecule has 0 radical (unpaired) electrons. The number of rotatable bonds is 0. The van der Waals surface area contributed by atoms with Crippen LogP contribution in [0.1, 0.15) is 48.5 Å². The Kier molecular flexibility index (Phi) is 3.37. The van der Waals surface area contributed by atoms with E-state index >= 15 is 0 Å². The second-order valence-corrected chi connectivity index (χ2v) is 7.22. The van der Waals surface area contributed by atoms with Crippen LogP contribution >= 0.6 is 0 Å². The van der Waals surface area contributed by atoms with Gasteiger partial charge in [-0.05, 0) is 29.4 Å². The molecular formula is C15H26O2. The van der Waals surface area contributed by atoms with Crippen LogP contribution in [0.3, 0.4) is 0 Å². The Morgan fingerprint density at radius 3 is 1.94 bits per heavy atom. The molecule has 0 aromatic rings. The lowest BCUT2D eigenvalue weighted by Crippen LogP contribution is -2.54. The van der Waals surface area contributed by atoms with Crippen LogP contribution in [0.15, 0.2) is 23.3 Å². The zero-order valence-corrected chi connectivity index (χ0v) is 12.1. The van der Waals surface area contributed by atoms with E-state index in [-0.39, 0.29) is 5.41 Å². The van der Waals surface area contributed by atoms with Crippen molar-refractivity contribution >= 4 is 0 Å². The third-order valence-corrected chi connectivity index (χ3v) is 3.61. The molecule has 2 N–H and O–H groups in total. The van der Waals surface area contributed by atoms with E-state index in [0.717, 1.165) is 11.1 Å². The molecule has 0 bridgehead atoms. The molecule has 0 aliphatic heterocycles. The van der Waals surface area contributed by atoms with Crippen molar-refractivity contribution in [2.75, 3.05) is 0 Å². The number of hydrogen-bond donors (Lipinski definition) is 2. The minimum atomic E-state index is -1.20. The molecule has 0 amide bonds. The van der Waals surface area contributed by atoms with Gasteiger partial charge in [0.2, 0.25) is 0 Å². The van der Waals surface area contributed by atoms with Gasteiger partial charge in [0.05, 0.1) is 0 Å². The standard InChI is InChI=1S/C15H26O2/c1-10-8-11(13(2,3)4)12(16)15(17,9-10)14(5,6)7/h8-9,12,16-17H,1-7H3. The molecule has 0 aromatic heterocycles. The summed E-state index contributed by atoms with van der Waals surface area (Å²) in [5.74, 6) is 0. The van der Waals surface area contributed by atoms with Crippen molar-refractivity contribution in [1.82, 2.24) is 0 Å². The molecule has 0 heterocycles. The van der Waals surface area contributed by atoms with Crippen LogP contribution in [0.5, 0.6) is 0 Å². The molecule has 1 aliphatic rings. The number of aliphatic hydroxyl groups excluding tert-OH is 1. The highest BCUT2D eigenvalue weighted by Crippen LogP contribution is 2.44. The first kappa shape index (κ1) is 14.5. The summed E-state index contributed by atoms with van der Waals surface area (Å²) in [6.07, 6.45) is 2.93. The summed E-state index contributed by atoms with van der Waals surface area (Å²) in [6.45, 7) is 14.0. The lowest BCUT2D eigenvalue weighted by molar-refractivity contribution is -0.0982. The number of allylic oxidation sites excluding steroid dienone is 2. The van der Waals surface area contributed by atoms with Gasteiger partial charge in [-0.3, -0.25) is 0 Å². The normalized spacial score (nSPS) is 31.0. The van der Waals surface area contributed by atoms with Gasteiger partial charge in [-0.2, -0.15) is 0 Å². The van der Waals surface area contributed by atoms with Crippen molar-refractivity contribution in [3.05, 3.63) is 23.3 Å². The molecule has 2 unspecified atom stereocenters. The predicted molar refractivity (Wildman–Crippen MR) is 71.7 cm³/mol. The molecule has 2 heteroatoms. The van der Waals surface area contributed by atoms with Crippen molar-refractivity contribution in [3.63, 3.8) is 0 Å². The van der Waals surface area contributed by atoms with Crippen molar-refractivity contribution in [1.29, 1.82) is 0 Å². The maximum atomic E-state index is 10.8. The lowest BCUT2D eigenvalue weighted by Gasteiger charge is -2.47. The van der Waals surface area contributed by atoms with Gasteiger partial charge in [-0.1, -0.05) is 53.2 Å². The highest BCUT2D eigenvalue weighted by molar-refractivity contribution is 5.39. The zero-order chi connectivity index (χ0) is 13.6. The second-order valence-electron chi connectivity index (χ2n) is 7.22. The Hall–Kier alpha value is -0.600. The van der Waals surface area contributed by atoms with Gasteiger partial charge in [0.15, 0.2) is 0 Å². The topological polar surface area (TPSA) is 40.5 Å². The van der Waals surface area contributed by atoms with Crippen LogP contribution in [-0.2, 0) is 0 Å². The van der Waals surface area contributed by atoms with E-state index in [4.69, 9.17) is 0 Å². The Bertz CT molecular complexity index is 363. The summed E-state index contributed by atoms with van der Waals surface area (Å²) in [5.41, 5.74) is 0.161. The van der Waals surface area contributed by atoms with Gasteiger partial charge in [0.25, 0.3) is 0 Å². The Morgan fingerprint density at radius 1 is 1.12 bits per heavy atom. The molecule has 0 saturated heterocycles. The van der Waals surface area contributed by atoms with Crippen molar-refractivity contribution in [2.45, 2.75) is 60.2 Å². The van der Waals surface area contributed by atoms with Crippen LogP contribution in [0, 0.1) is 10.8 Å². The van der Waals surface area contributed by atoms with E-state index in [1.807, 2.05) is 33.8 Å². The Labute approximate surface area is 105 Å². The van der Waals surface area contributed by atoms with Crippen molar-refractivity contribution in [2.24, 2.45) is 10.8 Å². The Balaban J connectivity index is 3.32. The molecule has 1 rings (SSSR count). The number of hydrogen-bond acceptors (Lipinski definition) is 2. The van der Waals surface area contributed by atoms with Crippen molar-refractivity contribution < 1.29 is 10.2 Å². The van der Waals surface area contributed by atoms with Crippen LogP contribution in [-0.4, -0.2) is 21.9 Å². The van der Waals surface area contributed by atoms with Gasteiger partial charge in [0.1, 0.15) is 11.7 Å². The maximum absolute atomic E-state index is 10.8.